The maximum Gasteiger partial charge on any atom is 0.293 e. The molecule has 0 fully saturated rings. The number of hydrogen-bond acceptors (Lipinski definition) is 5. The smallest absolute Gasteiger partial charge is 0.293 e. The molecule has 5 nitrogen and oxygen atoms in total. The zero-order valence-corrected chi connectivity index (χ0v) is 6.39. The van der Waals surface area contributed by atoms with Crippen molar-refractivity contribution in [3.8, 4) is 0 Å². The molecular formula is C4Cl2N2O3. The van der Waals surface area contributed by atoms with E-state index in [-0.39, 0.29) is 5.69 Å². The number of hydrogen-bond donors (Lipinski definition) is 0. The molecule has 0 unspecified atom stereocenters. The van der Waals surface area contributed by atoms with Crippen LogP contribution in [0.5, 0.6) is 0 Å². The molecule has 0 atom stereocenters. The Balaban J connectivity index is 3.16. The Labute approximate surface area is 70.2 Å². The van der Waals surface area contributed by atoms with Crippen LogP contribution in [-0.4, -0.2) is 20.9 Å². The minimum Gasteiger partial charge on any atom is -0.331 e. The maximum absolute atomic E-state index is 10.4. The zero-order valence-electron chi connectivity index (χ0n) is 4.88. The highest BCUT2D eigenvalue weighted by molar-refractivity contribution is 6.71. The Morgan fingerprint density at radius 2 is 1.91 bits per heavy atom. The average Bonchev–Trinajstić information content (AvgIpc) is 2.32. The number of aromatic nitrogens is 2. The van der Waals surface area contributed by atoms with E-state index < -0.39 is 16.2 Å². The van der Waals surface area contributed by atoms with Gasteiger partial charge in [-0.05, 0) is 23.2 Å². The average molecular weight is 195 g/mol. The summed E-state index contributed by atoms with van der Waals surface area (Å²) in [5.41, 5.74) is -0.369. The standard InChI is InChI=1S/C4Cl2N2O3/c5-3(9)1-2(4(6)10)11-8-7-1. The first-order chi connectivity index (χ1) is 5.13. The number of halogens is 2. The highest BCUT2D eigenvalue weighted by Gasteiger charge is 2.21. The first-order valence-electron chi connectivity index (χ1n) is 2.35. The molecular weight excluding hydrogens is 195 g/mol. The van der Waals surface area contributed by atoms with E-state index >= 15 is 0 Å². The quantitative estimate of drug-likeness (QED) is 0.653. The molecule has 0 spiro atoms. The molecule has 0 aliphatic carbocycles. The Hall–Kier alpha value is -0.940. The van der Waals surface area contributed by atoms with E-state index in [2.05, 4.69) is 14.9 Å². The molecule has 0 radical (unpaired) electrons. The van der Waals surface area contributed by atoms with Gasteiger partial charge in [-0.15, -0.1) is 5.10 Å². The minimum atomic E-state index is -0.959. The molecule has 11 heavy (non-hydrogen) atoms. The SMILES string of the molecule is O=C(Cl)c1nnoc1C(=O)Cl. The van der Waals surface area contributed by atoms with Crippen molar-refractivity contribution in [3.63, 3.8) is 0 Å². The van der Waals surface area contributed by atoms with Crippen LogP contribution in [0.25, 0.3) is 0 Å². The van der Waals surface area contributed by atoms with Gasteiger partial charge in [0.15, 0.2) is 5.69 Å². The minimum absolute atomic E-state index is 0.369. The van der Waals surface area contributed by atoms with Gasteiger partial charge in [-0.2, -0.15) is 0 Å². The van der Waals surface area contributed by atoms with Gasteiger partial charge >= 0.3 is 0 Å². The Morgan fingerprint density at radius 1 is 1.27 bits per heavy atom. The van der Waals surface area contributed by atoms with Gasteiger partial charge in [0.2, 0.25) is 0 Å². The van der Waals surface area contributed by atoms with Crippen LogP contribution in [0.2, 0.25) is 0 Å². The van der Waals surface area contributed by atoms with E-state index in [0.717, 1.165) is 0 Å². The molecule has 1 aromatic rings. The summed E-state index contributed by atoms with van der Waals surface area (Å²) < 4.78 is 4.24. The monoisotopic (exact) mass is 194 g/mol. The second-order valence-electron chi connectivity index (χ2n) is 1.50. The Morgan fingerprint density at radius 3 is 2.27 bits per heavy atom. The fraction of sp³-hybridized carbons (Fsp3) is 0. The topological polar surface area (TPSA) is 73.1 Å². The molecule has 7 heteroatoms. The first kappa shape index (κ1) is 8.16. The molecule has 0 N–H and O–H groups in total. The van der Waals surface area contributed by atoms with Crippen LogP contribution in [-0.2, 0) is 0 Å². The molecule has 0 saturated heterocycles. The summed E-state index contributed by atoms with van der Waals surface area (Å²) in [6.07, 6.45) is 0. The van der Waals surface area contributed by atoms with Gasteiger partial charge in [0, 0.05) is 5.27 Å². The van der Waals surface area contributed by atoms with Gasteiger partial charge in [-0.1, -0.05) is 0 Å². The predicted molar refractivity (Wildman–Crippen MR) is 34.7 cm³/mol. The van der Waals surface area contributed by atoms with Gasteiger partial charge < -0.3 is 4.52 Å². The predicted octanol–water partition coefficient (Wildman–Crippen LogP) is 0.828. The summed E-state index contributed by atoms with van der Waals surface area (Å²) in [6, 6.07) is 0. The van der Waals surface area contributed by atoms with Gasteiger partial charge in [-0.3, -0.25) is 9.59 Å². The highest BCUT2D eigenvalue weighted by atomic mass is 35.5. The maximum atomic E-state index is 10.4. The molecule has 58 valence electrons. The fourth-order valence-corrected chi connectivity index (χ4v) is 0.696. The van der Waals surface area contributed by atoms with Crippen molar-refractivity contribution in [2.45, 2.75) is 0 Å². The van der Waals surface area contributed by atoms with E-state index in [4.69, 9.17) is 23.2 Å². The van der Waals surface area contributed by atoms with Crippen molar-refractivity contribution in [2.24, 2.45) is 0 Å². The highest BCUT2D eigenvalue weighted by Crippen LogP contribution is 2.09. The van der Waals surface area contributed by atoms with Crippen LogP contribution in [0.4, 0.5) is 0 Å². The van der Waals surface area contributed by atoms with E-state index in [0.29, 0.717) is 0 Å². The Kier molecular flexibility index (Phi) is 2.21. The second kappa shape index (κ2) is 2.98. The van der Waals surface area contributed by atoms with Crippen molar-refractivity contribution in [2.75, 3.05) is 0 Å². The van der Waals surface area contributed by atoms with Crippen molar-refractivity contribution in [1.29, 1.82) is 0 Å². The lowest BCUT2D eigenvalue weighted by atomic mass is 10.4. The van der Waals surface area contributed by atoms with Crippen molar-refractivity contribution in [3.05, 3.63) is 11.5 Å². The second-order valence-corrected chi connectivity index (χ2v) is 2.18. The van der Waals surface area contributed by atoms with Gasteiger partial charge in [0.05, 0.1) is 0 Å². The molecule has 0 aromatic carbocycles. The van der Waals surface area contributed by atoms with E-state index in [1.807, 2.05) is 0 Å². The van der Waals surface area contributed by atoms with Crippen LogP contribution >= 0.6 is 23.2 Å². The third kappa shape index (κ3) is 1.55. The molecule has 1 aromatic heterocycles. The van der Waals surface area contributed by atoms with Crippen molar-refractivity contribution >= 4 is 33.7 Å². The molecule has 0 aliphatic rings. The summed E-state index contributed by atoms with van der Waals surface area (Å²) in [7, 11) is 0. The summed E-state index contributed by atoms with van der Waals surface area (Å²) in [5.74, 6) is -0.438. The fourth-order valence-electron chi connectivity index (χ4n) is 0.448. The molecule has 0 amide bonds. The lowest BCUT2D eigenvalue weighted by Gasteiger charge is -1.82. The molecule has 0 saturated carbocycles. The van der Waals surface area contributed by atoms with Crippen LogP contribution in [0.1, 0.15) is 21.0 Å². The molecule has 0 bridgehead atoms. The number of rotatable bonds is 2. The third-order valence-corrected chi connectivity index (χ3v) is 1.20. The van der Waals surface area contributed by atoms with E-state index in [9.17, 15) is 9.59 Å². The molecule has 1 heterocycles. The first-order valence-corrected chi connectivity index (χ1v) is 3.10. The largest absolute Gasteiger partial charge is 0.331 e. The van der Waals surface area contributed by atoms with Gasteiger partial charge in [0.1, 0.15) is 0 Å². The van der Waals surface area contributed by atoms with Crippen LogP contribution in [0, 0.1) is 0 Å². The van der Waals surface area contributed by atoms with Crippen LogP contribution < -0.4 is 0 Å². The van der Waals surface area contributed by atoms with Crippen LogP contribution in [0.3, 0.4) is 0 Å². The Bertz CT molecular complexity index is 280. The summed E-state index contributed by atoms with van der Waals surface area (Å²) in [6.45, 7) is 0. The summed E-state index contributed by atoms with van der Waals surface area (Å²) >= 11 is 9.95. The summed E-state index contributed by atoms with van der Waals surface area (Å²) in [4.78, 5) is 20.8. The normalized spacial score (nSPS) is 9.64. The van der Waals surface area contributed by atoms with E-state index in [1.54, 1.807) is 0 Å². The van der Waals surface area contributed by atoms with E-state index in [1.165, 1.54) is 0 Å². The van der Waals surface area contributed by atoms with Gasteiger partial charge in [-0.25, -0.2) is 0 Å². The van der Waals surface area contributed by atoms with Gasteiger partial charge in [0.25, 0.3) is 16.2 Å². The number of carbonyl (C=O) groups is 2. The van der Waals surface area contributed by atoms with Crippen LogP contribution in [0.15, 0.2) is 4.52 Å². The van der Waals surface area contributed by atoms with Crippen molar-refractivity contribution in [1.82, 2.24) is 10.4 Å². The summed E-state index contributed by atoms with van der Waals surface area (Å²) in [5, 5.41) is 4.17. The number of nitrogens with zero attached hydrogens (tertiary/aromatic N) is 2. The number of carbonyl (C=O) groups excluding carboxylic acids is 2. The lowest BCUT2D eigenvalue weighted by molar-refractivity contribution is 0.102. The van der Waals surface area contributed by atoms with Crippen molar-refractivity contribution < 1.29 is 14.1 Å². The molecule has 1 rings (SSSR count). The third-order valence-electron chi connectivity index (χ3n) is 0.853. The lowest BCUT2D eigenvalue weighted by Crippen LogP contribution is -1.97. The molecule has 0 aliphatic heterocycles. The zero-order chi connectivity index (χ0) is 8.43.